The summed E-state index contributed by atoms with van der Waals surface area (Å²) in [6, 6.07) is 8.52. The van der Waals surface area contributed by atoms with Crippen LogP contribution in [0.3, 0.4) is 0 Å². The van der Waals surface area contributed by atoms with E-state index < -0.39 is 0 Å². The average Bonchev–Trinajstić information content (AvgIpc) is 2.59. The first-order valence-corrected chi connectivity index (χ1v) is 9.15. The lowest BCUT2D eigenvalue weighted by Crippen LogP contribution is -2.40. The van der Waals surface area contributed by atoms with E-state index in [0.29, 0.717) is 6.54 Å². The van der Waals surface area contributed by atoms with Gasteiger partial charge in [-0.25, -0.2) is 4.99 Å². The van der Waals surface area contributed by atoms with Crippen molar-refractivity contribution in [2.45, 2.75) is 45.8 Å². The average molecular weight is 460 g/mol. The summed E-state index contributed by atoms with van der Waals surface area (Å²) in [4.78, 5) is 7.09. The van der Waals surface area contributed by atoms with Crippen LogP contribution >= 0.6 is 24.0 Å². The molecule has 0 aliphatic carbocycles. The lowest BCUT2D eigenvalue weighted by atomic mass is 10.1. The minimum absolute atomic E-state index is 0. The van der Waals surface area contributed by atoms with Gasteiger partial charge in [-0.3, -0.25) is 0 Å². The Bertz CT molecular complexity index is 499. The maximum atomic E-state index is 9.54. The van der Waals surface area contributed by atoms with Gasteiger partial charge in [-0.05, 0) is 45.2 Å². The molecule has 1 aliphatic rings. The van der Waals surface area contributed by atoms with Gasteiger partial charge in [-0.1, -0.05) is 29.8 Å². The van der Waals surface area contributed by atoms with Crippen LogP contribution < -0.4 is 10.6 Å². The third-order valence-electron chi connectivity index (χ3n) is 4.39. The van der Waals surface area contributed by atoms with E-state index in [2.05, 4.69) is 58.6 Å². The molecule has 0 spiro atoms. The van der Waals surface area contributed by atoms with Gasteiger partial charge in [0.05, 0.1) is 12.6 Å². The van der Waals surface area contributed by atoms with Gasteiger partial charge in [-0.2, -0.15) is 0 Å². The van der Waals surface area contributed by atoms with Gasteiger partial charge in [-0.15, -0.1) is 24.0 Å². The molecule has 0 amide bonds. The van der Waals surface area contributed by atoms with Crippen molar-refractivity contribution in [1.82, 2.24) is 15.5 Å². The van der Waals surface area contributed by atoms with E-state index in [1.165, 1.54) is 11.1 Å². The largest absolute Gasteiger partial charge is 0.393 e. The standard InChI is InChI=1S/C19H32N4O.HI/c1-3-20-19(22-15-17-7-5-16(2)6-8-17)21-11-4-12-23-13-9-18(24)10-14-23;/h5-8,18,24H,3-4,9-15H2,1-2H3,(H2,20,21,22);1H. The zero-order valence-corrected chi connectivity index (χ0v) is 17.8. The summed E-state index contributed by atoms with van der Waals surface area (Å²) in [7, 11) is 0. The first kappa shape index (κ1) is 22.2. The minimum atomic E-state index is -0.0892. The van der Waals surface area contributed by atoms with E-state index in [1.54, 1.807) is 0 Å². The fraction of sp³-hybridized carbons (Fsp3) is 0.632. The van der Waals surface area contributed by atoms with E-state index in [0.717, 1.165) is 57.9 Å². The highest BCUT2D eigenvalue weighted by atomic mass is 127. The lowest BCUT2D eigenvalue weighted by molar-refractivity contribution is 0.0823. The Labute approximate surface area is 169 Å². The number of hydrogen-bond acceptors (Lipinski definition) is 3. The molecule has 0 bridgehead atoms. The predicted octanol–water partition coefficient (Wildman–Crippen LogP) is 2.51. The molecule has 1 heterocycles. The van der Waals surface area contributed by atoms with Crippen molar-refractivity contribution in [1.29, 1.82) is 0 Å². The summed E-state index contributed by atoms with van der Waals surface area (Å²) in [6.07, 6.45) is 2.82. The van der Waals surface area contributed by atoms with E-state index in [-0.39, 0.29) is 30.1 Å². The zero-order chi connectivity index (χ0) is 17.2. The number of nitrogens with zero attached hydrogens (tertiary/aromatic N) is 2. The molecule has 25 heavy (non-hydrogen) atoms. The number of guanidine groups is 1. The van der Waals surface area contributed by atoms with Gasteiger partial charge >= 0.3 is 0 Å². The van der Waals surface area contributed by atoms with Crippen LogP contribution in [0.4, 0.5) is 0 Å². The molecular formula is C19H33IN4O. The van der Waals surface area contributed by atoms with Gasteiger partial charge in [0.2, 0.25) is 0 Å². The second-order valence-corrected chi connectivity index (χ2v) is 6.53. The highest BCUT2D eigenvalue weighted by Gasteiger charge is 2.15. The molecule has 0 unspecified atom stereocenters. The molecule has 0 aromatic heterocycles. The summed E-state index contributed by atoms with van der Waals surface area (Å²) in [5.41, 5.74) is 2.50. The molecule has 3 N–H and O–H groups in total. The number of hydrogen-bond donors (Lipinski definition) is 3. The number of piperidine rings is 1. The van der Waals surface area contributed by atoms with Crippen molar-refractivity contribution in [3.63, 3.8) is 0 Å². The smallest absolute Gasteiger partial charge is 0.191 e. The quantitative estimate of drug-likeness (QED) is 0.253. The molecule has 142 valence electrons. The van der Waals surface area contributed by atoms with E-state index >= 15 is 0 Å². The Kier molecular flexibility index (Phi) is 11.1. The Morgan fingerprint density at radius 2 is 1.88 bits per heavy atom. The highest BCUT2D eigenvalue weighted by molar-refractivity contribution is 14.0. The van der Waals surface area contributed by atoms with Crippen LogP contribution in [0.25, 0.3) is 0 Å². The van der Waals surface area contributed by atoms with Crippen molar-refractivity contribution >= 4 is 29.9 Å². The van der Waals surface area contributed by atoms with Crippen molar-refractivity contribution in [3.05, 3.63) is 35.4 Å². The first-order valence-electron chi connectivity index (χ1n) is 9.15. The summed E-state index contributed by atoms with van der Waals surface area (Å²) < 4.78 is 0. The Morgan fingerprint density at radius 3 is 2.52 bits per heavy atom. The molecule has 0 saturated carbocycles. The lowest BCUT2D eigenvalue weighted by Gasteiger charge is -2.29. The molecule has 1 fully saturated rings. The van der Waals surface area contributed by atoms with Crippen LogP contribution in [-0.2, 0) is 6.54 Å². The monoisotopic (exact) mass is 460 g/mol. The molecule has 2 rings (SSSR count). The highest BCUT2D eigenvalue weighted by Crippen LogP contribution is 2.09. The third kappa shape index (κ3) is 8.87. The summed E-state index contributed by atoms with van der Waals surface area (Å²) in [5.74, 6) is 0.882. The van der Waals surface area contributed by atoms with Crippen molar-refractivity contribution < 1.29 is 5.11 Å². The van der Waals surface area contributed by atoms with Crippen LogP contribution in [0, 0.1) is 6.92 Å². The molecular weight excluding hydrogens is 427 g/mol. The zero-order valence-electron chi connectivity index (χ0n) is 15.5. The number of aryl methyl sites for hydroxylation is 1. The first-order chi connectivity index (χ1) is 11.7. The Balaban J connectivity index is 0.00000312. The number of aliphatic hydroxyl groups is 1. The topological polar surface area (TPSA) is 59.9 Å². The fourth-order valence-corrected chi connectivity index (χ4v) is 2.86. The minimum Gasteiger partial charge on any atom is -0.393 e. The number of aliphatic imine (C=N–C) groups is 1. The molecule has 1 saturated heterocycles. The summed E-state index contributed by atoms with van der Waals surface area (Å²) in [5, 5.41) is 16.2. The molecule has 0 radical (unpaired) electrons. The molecule has 1 aromatic rings. The fourth-order valence-electron chi connectivity index (χ4n) is 2.86. The van der Waals surface area contributed by atoms with E-state index in [4.69, 9.17) is 0 Å². The molecule has 0 atom stereocenters. The molecule has 5 nitrogen and oxygen atoms in total. The number of nitrogens with one attached hydrogen (secondary N) is 2. The molecule has 1 aliphatic heterocycles. The number of rotatable bonds is 7. The third-order valence-corrected chi connectivity index (χ3v) is 4.39. The second kappa shape index (κ2) is 12.5. The maximum Gasteiger partial charge on any atom is 0.191 e. The van der Waals surface area contributed by atoms with Gasteiger partial charge in [0.25, 0.3) is 0 Å². The van der Waals surface area contributed by atoms with Gasteiger partial charge in [0.1, 0.15) is 0 Å². The van der Waals surface area contributed by atoms with Crippen LogP contribution in [0.2, 0.25) is 0 Å². The second-order valence-electron chi connectivity index (χ2n) is 6.53. The van der Waals surface area contributed by atoms with Crippen molar-refractivity contribution in [2.75, 3.05) is 32.7 Å². The summed E-state index contributed by atoms with van der Waals surface area (Å²) in [6.45, 7) is 9.77. The van der Waals surface area contributed by atoms with Gasteiger partial charge in [0.15, 0.2) is 5.96 Å². The molecule has 6 heteroatoms. The number of benzene rings is 1. The maximum absolute atomic E-state index is 9.54. The molecule has 1 aromatic carbocycles. The van der Waals surface area contributed by atoms with Crippen molar-refractivity contribution in [3.8, 4) is 0 Å². The van der Waals surface area contributed by atoms with E-state index in [9.17, 15) is 5.11 Å². The Morgan fingerprint density at radius 1 is 1.20 bits per heavy atom. The number of aliphatic hydroxyl groups excluding tert-OH is 1. The SMILES string of the molecule is CCNC(=NCc1ccc(C)cc1)NCCCN1CCC(O)CC1.I. The van der Waals surface area contributed by atoms with Crippen LogP contribution in [-0.4, -0.2) is 54.8 Å². The van der Waals surface area contributed by atoms with E-state index in [1.807, 2.05) is 0 Å². The predicted molar refractivity (Wildman–Crippen MR) is 116 cm³/mol. The summed E-state index contributed by atoms with van der Waals surface area (Å²) >= 11 is 0. The van der Waals surface area contributed by atoms with Crippen LogP contribution in [0.15, 0.2) is 29.3 Å². The normalized spacial score (nSPS) is 16.4. The van der Waals surface area contributed by atoms with Gasteiger partial charge < -0.3 is 20.6 Å². The number of halogens is 1. The Hall–Kier alpha value is -0.860. The van der Waals surface area contributed by atoms with Gasteiger partial charge in [0, 0.05) is 26.2 Å². The van der Waals surface area contributed by atoms with Crippen LogP contribution in [0.1, 0.15) is 37.3 Å². The van der Waals surface area contributed by atoms with Crippen LogP contribution in [0.5, 0.6) is 0 Å². The van der Waals surface area contributed by atoms with Crippen molar-refractivity contribution in [2.24, 2.45) is 4.99 Å². The number of likely N-dealkylation sites (tertiary alicyclic amines) is 1.